The van der Waals surface area contributed by atoms with Gasteiger partial charge in [0.25, 0.3) is 5.91 Å². The van der Waals surface area contributed by atoms with E-state index in [4.69, 9.17) is 4.52 Å². The average molecular weight is 392 g/mol. The van der Waals surface area contributed by atoms with Gasteiger partial charge in [0.15, 0.2) is 0 Å². The maximum absolute atomic E-state index is 12.8. The summed E-state index contributed by atoms with van der Waals surface area (Å²) >= 11 is 1.53. The Hall–Kier alpha value is -3.46. The number of carbonyl (C=O) groups excluding carboxylic acids is 1. The van der Waals surface area contributed by atoms with E-state index >= 15 is 0 Å². The molecule has 28 heavy (non-hydrogen) atoms. The molecule has 0 aliphatic carbocycles. The van der Waals surface area contributed by atoms with E-state index in [0.29, 0.717) is 17.0 Å². The highest BCUT2D eigenvalue weighted by molar-refractivity contribution is 7.98. The number of aryl methyl sites for hydroxylation is 1. The number of benzene rings is 2. The Balaban J connectivity index is 1.50. The van der Waals surface area contributed by atoms with Crippen molar-refractivity contribution >= 4 is 23.4 Å². The number of nitrogens with one attached hydrogen (secondary N) is 1. The second-order valence-electron chi connectivity index (χ2n) is 5.98. The number of aromatic nitrogens is 5. The first-order valence-electron chi connectivity index (χ1n) is 8.48. The van der Waals surface area contributed by atoms with Crippen LogP contribution < -0.4 is 5.32 Å². The molecule has 140 valence electrons. The highest BCUT2D eigenvalue weighted by atomic mass is 32.2. The molecule has 8 nitrogen and oxygen atoms in total. The summed E-state index contributed by atoms with van der Waals surface area (Å²) in [6.45, 7) is 1.88. The minimum atomic E-state index is -0.189. The van der Waals surface area contributed by atoms with Crippen LogP contribution in [0.25, 0.3) is 5.69 Å². The van der Waals surface area contributed by atoms with Crippen LogP contribution in [0.3, 0.4) is 0 Å². The number of anilines is 1. The van der Waals surface area contributed by atoms with Crippen LogP contribution in [0.5, 0.6) is 0 Å². The van der Waals surface area contributed by atoms with Crippen molar-refractivity contribution in [2.45, 2.75) is 17.6 Å². The van der Waals surface area contributed by atoms with Crippen molar-refractivity contribution in [1.82, 2.24) is 25.4 Å². The average Bonchev–Trinajstić information content (AvgIpc) is 3.39. The van der Waals surface area contributed by atoms with Crippen molar-refractivity contribution < 1.29 is 9.32 Å². The summed E-state index contributed by atoms with van der Waals surface area (Å²) in [5.41, 5.74) is 2.84. The first-order chi connectivity index (χ1) is 13.7. The molecule has 0 fully saturated rings. The molecule has 9 heteroatoms. The molecule has 0 saturated carbocycles. The molecule has 0 spiro atoms. The molecule has 0 aliphatic heterocycles. The lowest BCUT2D eigenvalue weighted by atomic mass is 10.2. The highest BCUT2D eigenvalue weighted by Crippen LogP contribution is 2.27. The van der Waals surface area contributed by atoms with Crippen LogP contribution in [0.15, 0.2) is 70.3 Å². The van der Waals surface area contributed by atoms with Crippen LogP contribution in [0, 0.1) is 6.92 Å². The molecule has 1 amide bonds. The Bertz CT molecular complexity index is 1090. The monoisotopic (exact) mass is 392 g/mol. The van der Waals surface area contributed by atoms with Gasteiger partial charge in [0.1, 0.15) is 12.1 Å². The lowest BCUT2D eigenvalue weighted by Gasteiger charge is -2.10. The molecular weight excluding hydrogens is 376 g/mol. The normalized spacial score (nSPS) is 10.8. The van der Waals surface area contributed by atoms with Gasteiger partial charge < -0.3 is 9.84 Å². The Morgan fingerprint density at radius 1 is 1.18 bits per heavy atom. The first kappa shape index (κ1) is 17.9. The molecule has 4 aromatic rings. The molecule has 0 atom stereocenters. The van der Waals surface area contributed by atoms with Crippen molar-refractivity contribution in [2.24, 2.45) is 0 Å². The van der Waals surface area contributed by atoms with Gasteiger partial charge in [-0.15, -0.1) is 16.9 Å². The first-order valence-corrected chi connectivity index (χ1v) is 9.46. The third-order valence-corrected chi connectivity index (χ3v) is 4.99. The summed E-state index contributed by atoms with van der Waals surface area (Å²) in [5.74, 6) is 1.18. The van der Waals surface area contributed by atoms with E-state index in [-0.39, 0.29) is 5.91 Å². The fourth-order valence-corrected chi connectivity index (χ4v) is 3.54. The second-order valence-corrected chi connectivity index (χ2v) is 7.00. The van der Waals surface area contributed by atoms with Gasteiger partial charge in [0.05, 0.1) is 22.7 Å². The molecule has 0 bridgehead atoms. The van der Waals surface area contributed by atoms with Crippen LogP contribution in [0.4, 0.5) is 5.69 Å². The third kappa shape index (κ3) is 4.09. The zero-order valence-electron chi connectivity index (χ0n) is 14.9. The van der Waals surface area contributed by atoms with Crippen LogP contribution in [0.2, 0.25) is 0 Å². The van der Waals surface area contributed by atoms with Gasteiger partial charge in [0.2, 0.25) is 0 Å². The molecule has 2 aromatic heterocycles. The molecule has 0 radical (unpaired) electrons. The summed E-state index contributed by atoms with van der Waals surface area (Å²) in [6, 6.07) is 16.7. The number of hydrogen-bond acceptors (Lipinski definition) is 7. The number of rotatable bonds is 6. The van der Waals surface area contributed by atoms with E-state index in [2.05, 4.69) is 26.0 Å². The van der Waals surface area contributed by atoms with Crippen LogP contribution in [-0.2, 0) is 5.75 Å². The fourth-order valence-electron chi connectivity index (χ4n) is 2.62. The minimum Gasteiger partial charge on any atom is -0.360 e. The van der Waals surface area contributed by atoms with Crippen LogP contribution >= 0.6 is 11.8 Å². The topological polar surface area (TPSA) is 98.7 Å². The molecule has 0 saturated heterocycles. The zero-order valence-corrected chi connectivity index (χ0v) is 15.8. The smallest absolute Gasteiger partial charge is 0.256 e. The molecule has 4 rings (SSSR count). The zero-order chi connectivity index (χ0) is 19.3. The maximum Gasteiger partial charge on any atom is 0.256 e. The maximum atomic E-state index is 12.8. The number of thioether (sulfide) groups is 1. The Labute approximate surface area is 164 Å². The fraction of sp³-hybridized carbons (Fsp3) is 0.105. The third-order valence-electron chi connectivity index (χ3n) is 3.90. The minimum absolute atomic E-state index is 0.189. The molecule has 0 unspecified atom stereocenters. The molecule has 2 aromatic carbocycles. The van der Waals surface area contributed by atoms with E-state index in [9.17, 15) is 4.79 Å². The van der Waals surface area contributed by atoms with Gasteiger partial charge in [-0.3, -0.25) is 4.79 Å². The van der Waals surface area contributed by atoms with E-state index in [0.717, 1.165) is 22.0 Å². The van der Waals surface area contributed by atoms with Crippen molar-refractivity contribution in [3.63, 3.8) is 0 Å². The predicted molar refractivity (Wildman–Crippen MR) is 104 cm³/mol. The van der Waals surface area contributed by atoms with E-state index in [1.54, 1.807) is 12.1 Å². The molecule has 2 heterocycles. The lowest BCUT2D eigenvalue weighted by molar-refractivity contribution is 0.102. The number of nitrogens with zero attached hydrogens (tertiary/aromatic N) is 5. The van der Waals surface area contributed by atoms with Crippen LogP contribution in [-0.4, -0.2) is 31.3 Å². The summed E-state index contributed by atoms with van der Waals surface area (Å²) in [4.78, 5) is 13.7. The lowest BCUT2D eigenvalue weighted by Crippen LogP contribution is -2.13. The summed E-state index contributed by atoms with van der Waals surface area (Å²) in [7, 11) is 0. The number of carbonyl (C=O) groups is 1. The van der Waals surface area contributed by atoms with Crippen LogP contribution in [0.1, 0.15) is 21.8 Å². The van der Waals surface area contributed by atoms with E-state index in [1.165, 1.54) is 22.8 Å². The van der Waals surface area contributed by atoms with E-state index in [1.807, 2.05) is 49.4 Å². The van der Waals surface area contributed by atoms with Crippen molar-refractivity contribution in [1.29, 1.82) is 0 Å². The number of amides is 1. The highest BCUT2D eigenvalue weighted by Gasteiger charge is 2.13. The van der Waals surface area contributed by atoms with Gasteiger partial charge in [-0.25, -0.2) is 4.68 Å². The SMILES string of the molecule is Cc1cc(CSc2ccccc2C(=O)Nc2cccc(-n3cnnn3)c2)on1. The van der Waals surface area contributed by atoms with Crippen molar-refractivity contribution in [3.8, 4) is 5.69 Å². The van der Waals surface area contributed by atoms with Gasteiger partial charge in [-0.2, -0.15) is 0 Å². The van der Waals surface area contributed by atoms with E-state index < -0.39 is 0 Å². The predicted octanol–water partition coefficient (Wildman–Crippen LogP) is 3.50. The largest absolute Gasteiger partial charge is 0.360 e. The molecule has 1 N–H and O–H groups in total. The van der Waals surface area contributed by atoms with Gasteiger partial charge in [-0.05, 0) is 47.7 Å². The number of tetrazole rings is 1. The van der Waals surface area contributed by atoms with Gasteiger partial charge in [0, 0.05) is 16.6 Å². The Morgan fingerprint density at radius 2 is 2.07 bits per heavy atom. The number of hydrogen-bond donors (Lipinski definition) is 1. The standard InChI is InChI=1S/C19H16N6O2S/c1-13-9-16(27-22-13)11-28-18-8-3-2-7-17(18)19(26)21-14-5-4-6-15(10-14)25-12-20-23-24-25/h2-10,12H,11H2,1H3,(H,21,26). The summed E-state index contributed by atoms with van der Waals surface area (Å²) in [5, 5.41) is 17.9. The van der Waals surface area contributed by atoms with Gasteiger partial charge in [-0.1, -0.05) is 23.4 Å². The van der Waals surface area contributed by atoms with Crippen molar-refractivity contribution in [3.05, 3.63) is 77.9 Å². The quantitative estimate of drug-likeness (QED) is 0.501. The molecular formula is C19H16N6O2S. The summed E-state index contributed by atoms with van der Waals surface area (Å²) < 4.78 is 6.77. The molecule has 0 aliphatic rings. The Kier molecular flexibility index (Phi) is 5.16. The van der Waals surface area contributed by atoms with Gasteiger partial charge >= 0.3 is 0 Å². The Morgan fingerprint density at radius 3 is 2.86 bits per heavy atom. The second kappa shape index (κ2) is 8.05. The van der Waals surface area contributed by atoms with Crippen molar-refractivity contribution in [2.75, 3.05) is 5.32 Å². The summed E-state index contributed by atoms with van der Waals surface area (Å²) in [6.07, 6.45) is 1.50.